The Morgan fingerprint density at radius 2 is 1.71 bits per heavy atom. The van der Waals surface area contributed by atoms with Crippen LogP contribution in [-0.4, -0.2) is 23.9 Å². The molecular weight excluding hydrogens is 258 g/mol. The molecular formula is C19H29NO. The third kappa shape index (κ3) is 4.59. The fourth-order valence-corrected chi connectivity index (χ4v) is 2.84. The Labute approximate surface area is 129 Å². The quantitative estimate of drug-likeness (QED) is 0.817. The van der Waals surface area contributed by atoms with Crippen LogP contribution in [0, 0.1) is 5.92 Å². The maximum atomic E-state index is 12.2. The van der Waals surface area contributed by atoms with Crippen LogP contribution in [-0.2, 0) is 16.6 Å². The molecule has 0 aliphatic carbocycles. The van der Waals surface area contributed by atoms with Crippen LogP contribution in [0.25, 0.3) is 0 Å². The van der Waals surface area contributed by atoms with Crippen LogP contribution in [0.3, 0.4) is 0 Å². The first kappa shape index (κ1) is 16.1. The fourth-order valence-electron chi connectivity index (χ4n) is 2.84. The third-order valence-corrected chi connectivity index (χ3v) is 4.58. The molecule has 1 saturated heterocycles. The van der Waals surface area contributed by atoms with Crippen LogP contribution in [0.5, 0.6) is 0 Å². The molecule has 1 aliphatic heterocycles. The van der Waals surface area contributed by atoms with Crippen LogP contribution in [0.2, 0.25) is 0 Å². The number of carbonyl (C=O) groups is 1. The first-order chi connectivity index (χ1) is 9.86. The molecule has 0 spiro atoms. The van der Waals surface area contributed by atoms with Gasteiger partial charge in [-0.15, -0.1) is 0 Å². The minimum atomic E-state index is 0.193. The van der Waals surface area contributed by atoms with Crippen molar-refractivity contribution < 1.29 is 4.79 Å². The summed E-state index contributed by atoms with van der Waals surface area (Å²) in [6, 6.07) is 8.74. The average molecular weight is 287 g/mol. The summed E-state index contributed by atoms with van der Waals surface area (Å²) in [6.45, 7) is 10.8. The number of benzene rings is 1. The molecule has 1 fully saturated rings. The monoisotopic (exact) mass is 287 g/mol. The summed E-state index contributed by atoms with van der Waals surface area (Å²) in [5.74, 6) is 1.10. The largest absolute Gasteiger partial charge is 0.343 e. The van der Waals surface area contributed by atoms with Gasteiger partial charge < -0.3 is 4.90 Å². The van der Waals surface area contributed by atoms with E-state index >= 15 is 0 Å². The topological polar surface area (TPSA) is 20.3 Å². The van der Waals surface area contributed by atoms with E-state index in [4.69, 9.17) is 0 Å². The Kier molecular flexibility index (Phi) is 5.08. The van der Waals surface area contributed by atoms with Crippen molar-refractivity contribution >= 4 is 5.91 Å². The van der Waals surface area contributed by atoms with E-state index in [0.29, 0.717) is 12.3 Å². The van der Waals surface area contributed by atoms with Gasteiger partial charge in [-0.05, 0) is 41.7 Å². The zero-order valence-electron chi connectivity index (χ0n) is 14.0. The number of piperidine rings is 1. The lowest BCUT2D eigenvalue weighted by Gasteiger charge is -2.30. The van der Waals surface area contributed by atoms with E-state index in [0.717, 1.165) is 38.3 Å². The number of nitrogens with zero attached hydrogens (tertiary/aromatic N) is 1. The van der Waals surface area contributed by atoms with E-state index in [2.05, 4.69) is 52.0 Å². The van der Waals surface area contributed by atoms with E-state index in [1.807, 2.05) is 4.90 Å². The Balaban J connectivity index is 1.84. The molecule has 2 rings (SSSR count). The van der Waals surface area contributed by atoms with Crippen molar-refractivity contribution in [2.24, 2.45) is 5.92 Å². The molecule has 2 heteroatoms. The van der Waals surface area contributed by atoms with Crippen molar-refractivity contribution in [2.45, 2.75) is 58.8 Å². The average Bonchev–Trinajstić information content (AvgIpc) is 2.45. The standard InChI is InChI=1S/C19H29NO/c1-15-11-13-20(14-12-15)18(21)10-7-16-5-8-17(9-6-16)19(2,3)4/h5-6,8-9,15H,7,10-14H2,1-4H3. The summed E-state index contributed by atoms with van der Waals surface area (Å²) >= 11 is 0. The van der Waals surface area contributed by atoms with Crippen LogP contribution in [0.15, 0.2) is 24.3 Å². The Morgan fingerprint density at radius 3 is 2.24 bits per heavy atom. The Morgan fingerprint density at radius 1 is 1.14 bits per heavy atom. The molecule has 1 heterocycles. The molecule has 2 nitrogen and oxygen atoms in total. The van der Waals surface area contributed by atoms with Crippen molar-refractivity contribution in [3.05, 3.63) is 35.4 Å². The predicted octanol–water partition coefficient (Wildman–Crippen LogP) is 4.18. The highest BCUT2D eigenvalue weighted by atomic mass is 16.2. The van der Waals surface area contributed by atoms with Gasteiger partial charge in [0, 0.05) is 19.5 Å². The highest BCUT2D eigenvalue weighted by Crippen LogP contribution is 2.23. The predicted molar refractivity (Wildman–Crippen MR) is 88.4 cm³/mol. The lowest BCUT2D eigenvalue weighted by atomic mass is 9.86. The molecule has 0 saturated carbocycles. The lowest BCUT2D eigenvalue weighted by Crippen LogP contribution is -2.37. The van der Waals surface area contributed by atoms with Crippen LogP contribution in [0.1, 0.15) is 58.1 Å². The van der Waals surface area contributed by atoms with Gasteiger partial charge in [-0.1, -0.05) is 52.0 Å². The second-order valence-electron chi connectivity index (χ2n) is 7.51. The molecule has 1 aliphatic rings. The van der Waals surface area contributed by atoms with Crippen molar-refractivity contribution in [1.29, 1.82) is 0 Å². The number of amides is 1. The summed E-state index contributed by atoms with van der Waals surface area (Å²) < 4.78 is 0. The molecule has 0 unspecified atom stereocenters. The van der Waals surface area contributed by atoms with Gasteiger partial charge in [-0.25, -0.2) is 0 Å². The van der Waals surface area contributed by atoms with Gasteiger partial charge >= 0.3 is 0 Å². The third-order valence-electron chi connectivity index (χ3n) is 4.58. The van der Waals surface area contributed by atoms with E-state index in [9.17, 15) is 4.79 Å². The Hall–Kier alpha value is -1.31. The Bertz CT molecular complexity index is 461. The molecule has 1 aromatic rings. The number of aryl methyl sites for hydroxylation is 1. The number of carbonyl (C=O) groups excluding carboxylic acids is 1. The summed E-state index contributed by atoms with van der Waals surface area (Å²) in [6.07, 6.45) is 3.82. The van der Waals surface area contributed by atoms with E-state index in [1.54, 1.807) is 0 Å². The number of hydrogen-bond donors (Lipinski definition) is 0. The minimum Gasteiger partial charge on any atom is -0.343 e. The van der Waals surface area contributed by atoms with Gasteiger partial charge in [0.05, 0.1) is 0 Å². The zero-order valence-corrected chi connectivity index (χ0v) is 14.0. The molecule has 0 N–H and O–H groups in total. The van der Waals surface area contributed by atoms with Gasteiger partial charge in [0.15, 0.2) is 0 Å². The van der Waals surface area contributed by atoms with Gasteiger partial charge in [0.25, 0.3) is 0 Å². The van der Waals surface area contributed by atoms with Crippen molar-refractivity contribution in [1.82, 2.24) is 4.90 Å². The van der Waals surface area contributed by atoms with Gasteiger partial charge in [0.2, 0.25) is 5.91 Å². The van der Waals surface area contributed by atoms with Crippen molar-refractivity contribution in [2.75, 3.05) is 13.1 Å². The first-order valence-corrected chi connectivity index (χ1v) is 8.23. The summed E-state index contributed by atoms with van der Waals surface area (Å²) in [4.78, 5) is 14.3. The van der Waals surface area contributed by atoms with Crippen molar-refractivity contribution in [3.63, 3.8) is 0 Å². The van der Waals surface area contributed by atoms with Gasteiger partial charge in [-0.2, -0.15) is 0 Å². The summed E-state index contributed by atoms with van der Waals surface area (Å²) in [5.41, 5.74) is 2.81. The lowest BCUT2D eigenvalue weighted by molar-refractivity contribution is -0.132. The zero-order chi connectivity index (χ0) is 15.5. The van der Waals surface area contributed by atoms with E-state index < -0.39 is 0 Å². The minimum absolute atomic E-state index is 0.193. The molecule has 1 aromatic carbocycles. The highest BCUT2D eigenvalue weighted by Gasteiger charge is 2.20. The van der Waals surface area contributed by atoms with Crippen LogP contribution < -0.4 is 0 Å². The number of hydrogen-bond acceptors (Lipinski definition) is 1. The van der Waals surface area contributed by atoms with Gasteiger partial charge in [-0.3, -0.25) is 4.79 Å². The maximum Gasteiger partial charge on any atom is 0.222 e. The number of likely N-dealkylation sites (tertiary alicyclic amines) is 1. The van der Waals surface area contributed by atoms with Crippen LogP contribution in [0.4, 0.5) is 0 Å². The van der Waals surface area contributed by atoms with Gasteiger partial charge in [0.1, 0.15) is 0 Å². The maximum absolute atomic E-state index is 12.2. The SMILES string of the molecule is CC1CCN(C(=O)CCc2ccc(C(C)(C)C)cc2)CC1. The molecule has 116 valence electrons. The normalized spacial score (nSPS) is 17.0. The summed E-state index contributed by atoms with van der Waals surface area (Å²) in [5, 5.41) is 0. The molecule has 0 bridgehead atoms. The van der Waals surface area contributed by atoms with Crippen molar-refractivity contribution in [3.8, 4) is 0 Å². The summed E-state index contributed by atoms with van der Waals surface area (Å²) in [7, 11) is 0. The van der Waals surface area contributed by atoms with E-state index in [1.165, 1.54) is 11.1 Å². The molecule has 21 heavy (non-hydrogen) atoms. The second kappa shape index (κ2) is 6.64. The number of rotatable bonds is 3. The molecule has 1 amide bonds. The van der Waals surface area contributed by atoms with E-state index in [-0.39, 0.29) is 5.41 Å². The molecule has 0 atom stereocenters. The smallest absolute Gasteiger partial charge is 0.222 e. The fraction of sp³-hybridized carbons (Fsp3) is 0.632. The van der Waals surface area contributed by atoms with Crippen LogP contribution >= 0.6 is 0 Å². The highest BCUT2D eigenvalue weighted by molar-refractivity contribution is 5.76. The second-order valence-corrected chi connectivity index (χ2v) is 7.51. The molecule has 0 radical (unpaired) electrons. The first-order valence-electron chi connectivity index (χ1n) is 8.23. The molecule has 0 aromatic heterocycles.